The van der Waals surface area contributed by atoms with Gasteiger partial charge in [-0.25, -0.2) is 4.98 Å². The molecule has 1 fully saturated rings. The van der Waals surface area contributed by atoms with Crippen LogP contribution in [0.1, 0.15) is 56.2 Å². The molecule has 3 heterocycles. The number of fused-ring (bicyclic) bond motifs is 2. The molecule has 0 amide bonds. The lowest BCUT2D eigenvalue weighted by atomic mass is 9.96. The van der Waals surface area contributed by atoms with Gasteiger partial charge in [-0.15, -0.1) is 0 Å². The summed E-state index contributed by atoms with van der Waals surface area (Å²) in [5, 5.41) is 8.71. The quantitative estimate of drug-likeness (QED) is 0.216. The van der Waals surface area contributed by atoms with Gasteiger partial charge in [-0.1, -0.05) is 42.5 Å². The van der Waals surface area contributed by atoms with Crippen molar-refractivity contribution in [3.05, 3.63) is 88.8 Å². The Bertz CT molecular complexity index is 1550. The van der Waals surface area contributed by atoms with Gasteiger partial charge in [0.15, 0.2) is 5.65 Å². The number of aromatic nitrogens is 3. The topological polar surface area (TPSA) is 96.8 Å². The molecule has 39 heavy (non-hydrogen) atoms. The van der Waals surface area contributed by atoms with Crippen molar-refractivity contribution in [3.63, 3.8) is 0 Å². The zero-order valence-corrected chi connectivity index (χ0v) is 23.0. The number of H-pyrrole nitrogens is 1. The second-order valence-corrected chi connectivity index (χ2v) is 11.2. The zero-order chi connectivity index (χ0) is 26.9. The molecule has 5 N–H and O–H groups in total. The Kier molecular flexibility index (Phi) is 6.96. The molecule has 200 valence electrons. The monoisotopic (exact) mass is 518 g/mol. The number of nitrogens with two attached hydrogens (primary N) is 2. The van der Waals surface area contributed by atoms with E-state index in [-0.39, 0.29) is 0 Å². The Balaban J connectivity index is 1.27. The molecule has 1 unspecified atom stereocenters. The summed E-state index contributed by atoms with van der Waals surface area (Å²) in [6.07, 6.45) is 11.4. The summed E-state index contributed by atoms with van der Waals surface area (Å²) in [5.41, 5.74) is 23.7. The van der Waals surface area contributed by atoms with Crippen LogP contribution in [0.3, 0.4) is 0 Å². The summed E-state index contributed by atoms with van der Waals surface area (Å²) in [6, 6.07) is 18.2. The average molecular weight is 519 g/mol. The van der Waals surface area contributed by atoms with Crippen LogP contribution >= 0.6 is 0 Å². The van der Waals surface area contributed by atoms with Gasteiger partial charge in [-0.2, -0.15) is 5.10 Å². The molecular formula is C33H38N6. The van der Waals surface area contributed by atoms with E-state index in [4.69, 9.17) is 16.5 Å². The van der Waals surface area contributed by atoms with Gasteiger partial charge in [0.2, 0.25) is 0 Å². The minimum absolute atomic E-state index is 0.722. The standard InChI is InChI=1S/C33H38N6/c1-21(17-22(2)34)31(35)24-6-8-25(9-7-24)32-30-19-28(20-36-33(30)38-37-32)27-10-5-23-11-13-29(14-12-26(23)18-27)39-15-3-4-16-39/h5-10,17-20,29H,3-4,11-16,34-35H2,1-2H3,(H,36,37,38)/b22-17-,31-21-. The number of likely N-dealkylation sites (tertiary alicyclic amines) is 1. The van der Waals surface area contributed by atoms with Crippen molar-refractivity contribution in [1.29, 1.82) is 0 Å². The number of hydrogen-bond acceptors (Lipinski definition) is 5. The Hall–Kier alpha value is -3.90. The van der Waals surface area contributed by atoms with E-state index < -0.39 is 0 Å². The molecule has 1 atom stereocenters. The largest absolute Gasteiger partial charge is 0.402 e. The van der Waals surface area contributed by atoms with Gasteiger partial charge in [0, 0.05) is 40.1 Å². The van der Waals surface area contributed by atoms with Crippen molar-refractivity contribution in [1.82, 2.24) is 20.1 Å². The molecular weight excluding hydrogens is 480 g/mol. The smallest absolute Gasteiger partial charge is 0.181 e. The van der Waals surface area contributed by atoms with E-state index in [2.05, 4.69) is 51.5 Å². The Labute approximate surface area is 230 Å². The second-order valence-electron chi connectivity index (χ2n) is 11.2. The third-order valence-corrected chi connectivity index (χ3v) is 8.45. The maximum absolute atomic E-state index is 6.37. The minimum atomic E-state index is 0.722. The van der Waals surface area contributed by atoms with Crippen LogP contribution in [0.15, 0.2) is 72.1 Å². The fraction of sp³-hybridized carbons (Fsp3) is 0.333. The minimum Gasteiger partial charge on any atom is -0.402 e. The lowest BCUT2D eigenvalue weighted by molar-refractivity contribution is 0.222. The third-order valence-electron chi connectivity index (χ3n) is 8.45. The molecule has 0 bridgehead atoms. The van der Waals surface area contributed by atoms with Crippen molar-refractivity contribution >= 4 is 16.7 Å². The van der Waals surface area contributed by atoms with E-state index >= 15 is 0 Å². The highest BCUT2D eigenvalue weighted by Crippen LogP contribution is 2.33. The summed E-state index contributed by atoms with van der Waals surface area (Å²) in [4.78, 5) is 7.42. The zero-order valence-electron chi connectivity index (χ0n) is 23.0. The van der Waals surface area contributed by atoms with Crippen molar-refractivity contribution in [2.75, 3.05) is 13.1 Å². The Morgan fingerprint density at radius 1 is 0.897 bits per heavy atom. The molecule has 2 aliphatic rings. The van der Waals surface area contributed by atoms with Gasteiger partial charge < -0.3 is 16.4 Å². The number of allylic oxidation sites excluding steroid dienone is 3. The van der Waals surface area contributed by atoms with Crippen molar-refractivity contribution in [2.45, 2.75) is 58.4 Å². The van der Waals surface area contributed by atoms with Crippen LogP contribution in [0.2, 0.25) is 0 Å². The van der Waals surface area contributed by atoms with E-state index in [9.17, 15) is 0 Å². The SMILES string of the molecule is C/C(N)=C/C(C)=C(\N)c1ccc(-c2[nH]nc3ncc(-c4ccc5c(c4)CCC(N4CCCC4)CC5)cc23)cc1. The number of rotatable bonds is 5. The van der Waals surface area contributed by atoms with Crippen LogP contribution in [-0.2, 0) is 12.8 Å². The van der Waals surface area contributed by atoms with E-state index in [1.54, 1.807) is 0 Å². The van der Waals surface area contributed by atoms with Crippen LogP contribution in [-0.4, -0.2) is 39.2 Å². The first-order chi connectivity index (χ1) is 19.0. The number of nitrogens with zero attached hydrogens (tertiary/aromatic N) is 3. The molecule has 0 saturated carbocycles. The lowest BCUT2D eigenvalue weighted by Gasteiger charge is -2.25. The summed E-state index contributed by atoms with van der Waals surface area (Å²) < 4.78 is 0. The van der Waals surface area contributed by atoms with Gasteiger partial charge in [-0.05, 0) is 105 Å². The van der Waals surface area contributed by atoms with E-state index in [1.165, 1.54) is 61.9 Å². The molecule has 1 aliphatic heterocycles. The van der Waals surface area contributed by atoms with Gasteiger partial charge in [-0.3, -0.25) is 5.10 Å². The molecule has 1 saturated heterocycles. The molecule has 1 aliphatic carbocycles. The van der Waals surface area contributed by atoms with E-state index in [0.717, 1.165) is 62.8 Å². The number of pyridine rings is 1. The van der Waals surface area contributed by atoms with Gasteiger partial charge in [0.05, 0.1) is 5.69 Å². The van der Waals surface area contributed by atoms with Crippen LogP contribution in [0.25, 0.3) is 39.1 Å². The maximum atomic E-state index is 6.37. The summed E-state index contributed by atoms with van der Waals surface area (Å²) in [7, 11) is 0. The first-order valence-electron chi connectivity index (χ1n) is 14.2. The van der Waals surface area contributed by atoms with Crippen molar-refractivity contribution in [3.8, 4) is 22.4 Å². The molecule has 0 spiro atoms. The second kappa shape index (κ2) is 10.7. The Morgan fingerprint density at radius 2 is 1.62 bits per heavy atom. The van der Waals surface area contributed by atoms with Gasteiger partial charge in [0.25, 0.3) is 0 Å². The highest BCUT2D eigenvalue weighted by atomic mass is 15.2. The van der Waals surface area contributed by atoms with Gasteiger partial charge in [0.1, 0.15) is 0 Å². The predicted octanol–water partition coefficient (Wildman–Crippen LogP) is 6.19. The van der Waals surface area contributed by atoms with Gasteiger partial charge >= 0.3 is 0 Å². The normalized spacial score (nSPS) is 19.1. The van der Waals surface area contributed by atoms with Crippen LogP contribution in [0.4, 0.5) is 0 Å². The number of aromatic amines is 1. The summed E-state index contributed by atoms with van der Waals surface area (Å²) in [5.74, 6) is 0. The molecule has 4 aromatic rings. The number of benzene rings is 2. The molecule has 6 nitrogen and oxygen atoms in total. The van der Waals surface area contributed by atoms with E-state index in [0.29, 0.717) is 0 Å². The van der Waals surface area contributed by atoms with E-state index in [1.807, 2.05) is 38.3 Å². The molecule has 2 aromatic carbocycles. The lowest BCUT2D eigenvalue weighted by Crippen LogP contribution is -2.32. The summed E-state index contributed by atoms with van der Waals surface area (Å²) >= 11 is 0. The van der Waals surface area contributed by atoms with Crippen molar-refractivity contribution in [2.24, 2.45) is 11.5 Å². The highest BCUT2D eigenvalue weighted by molar-refractivity contribution is 5.93. The van der Waals surface area contributed by atoms with Crippen molar-refractivity contribution < 1.29 is 0 Å². The van der Waals surface area contributed by atoms with Crippen LogP contribution in [0.5, 0.6) is 0 Å². The maximum Gasteiger partial charge on any atom is 0.181 e. The molecule has 6 rings (SSSR count). The van der Waals surface area contributed by atoms with Crippen LogP contribution < -0.4 is 11.5 Å². The number of hydrogen-bond donors (Lipinski definition) is 3. The third kappa shape index (κ3) is 5.21. The first kappa shape index (κ1) is 25.4. The fourth-order valence-corrected chi connectivity index (χ4v) is 6.28. The van der Waals surface area contributed by atoms with Crippen LogP contribution in [0, 0.1) is 0 Å². The summed E-state index contributed by atoms with van der Waals surface area (Å²) in [6.45, 7) is 6.40. The molecule has 0 radical (unpaired) electrons. The Morgan fingerprint density at radius 3 is 2.36 bits per heavy atom. The number of aryl methyl sites for hydroxylation is 2. The predicted molar refractivity (Wildman–Crippen MR) is 161 cm³/mol. The average Bonchev–Trinajstić information content (AvgIpc) is 3.58. The fourth-order valence-electron chi connectivity index (χ4n) is 6.28. The first-order valence-corrected chi connectivity index (χ1v) is 14.2. The molecule has 6 heteroatoms. The number of nitrogens with one attached hydrogen (secondary N) is 1. The highest BCUT2D eigenvalue weighted by Gasteiger charge is 2.24. The molecule has 2 aromatic heterocycles.